The summed E-state index contributed by atoms with van der Waals surface area (Å²) in [5.74, 6) is -0.219. The number of aromatic nitrogens is 3. The molecule has 0 unspecified atom stereocenters. The first-order chi connectivity index (χ1) is 12.7. The standard InChI is InChI=1S/C18H17N5O2S/c24-17(19-9-13-5-2-1-3-6-13)15-12-23(21-20-15)14-10-22(11-14)18(25)16-7-4-8-26-16/h1-8,12,14H,9-11H2,(H,19,24). The van der Waals surface area contributed by atoms with E-state index in [2.05, 4.69) is 15.6 Å². The van der Waals surface area contributed by atoms with Crippen LogP contribution in [0.3, 0.4) is 0 Å². The fourth-order valence-corrected chi connectivity index (χ4v) is 3.46. The lowest BCUT2D eigenvalue weighted by Gasteiger charge is -2.38. The number of hydrogen-bond donors (Lipinski definition) is 1. The normalized spacial score (nSPS) is 14.1. The summed E-state index contributed by atoms with van der Waals surface area (Å²) in [6.07, 6.45) is 1.64. The summed E-state index contributed by atoms with van der Waals surface area (Å²) < 4.78 is 1.66. The third-order valence-electron chi connectivity index (χ3n) is 4.29. The van der Waals surface area contributed by atoms with Gasteiger partial charge in [0.25, 0.3) is 11.8 Å². The van der Waals surface area contributed by atoms with Crippen molar-refractivity contribution >= 4 is 23.2 Å². The zero-order valence-corrected chi connectivity index (χ0v) is 14.7. The Morgan fingerprint density at radius 1 is 1.15 bits per heavy atom. The molecule has 3 heterocycles. The quantitative estimate of drug-likeness (QED) is 0.748. The number of likely N-dealkylation sites (tertiary alicyclic amines) is 1. The molecule has 0 saturated carbocycles. The highest BCUT2D eigenvalue weighted by atomic mass is 32.1. The van der Waals surface area contributed by atoms with Crippen molar-refractivity contribution in [3.05, 3.63) is 70.2 Å². The maximum absolute atomic E-state index is 12.2. The summed E-state index contributed by atoms with van der Waals surface area (Å²) in [6.45, 7) is 1.59. The van der Waals surface area contributed by atoms with Gasteiger partial charge in [-0.25, -0.2) is 4.68 Å². The topological polar surface area (TPSA) is 80.1 Å². The van der Waals surface area contributed by atoms with Crippen molar-refractivity contribution in [2.45, 2.75) is 12.6 Å². The number of carbonyl (C=O) groups is 2. The molecule has 132 valence electrons. The molecule has 0 spiro atoms. The van der Waals surface area contributed by atoms with Crippen LogP contribution in [0.5, 0.6) is 0 Å². The summed E-state index contributed by atoms with van der Waals surface area (Å²) in [4.78, 5) is 26.9. The van der Waals surface area contributed by atoms with E-state index in [1.807, 2.05) is 47.8 Å². The van der Waals surface area contributed by atoms with Crippen LogP contribution in [0.15, 0.2) is 54.0 Å². The number of benzene rings is 1. The third kappa shape index (κ3) is 3.36. The lowest BCUT2D eigenvalue weighted by molar-refractivity contribution is 0.0503. The molecular formula is C18H17N5O2S. The van der Waals surface area contributed by atoms with Gasteiger partial charge in [0.2, 0.25) is 0 Å². The second-order valence-electron chi connectivity index (χ2n) is 6.09. The van der Waals surface area contributed by atoms with Gasteiger partial charge in [-0.05, 0) is 17.0 Å². The monoisotopic (exact) mass is 367 g/mol. The van der Waals surface area contributed by atoms with Gasteiger partial charge >= 0.3 is 0 Å². The van der Waals surface area contributed by atoms with Gasteiger partial charge in [0, 0.05) is 19.6 Å². The maximum atomic E-state index is 12.2. The predicted molar refractivity (Wildman–Crippen MR) is 96.9 cm³/mol. The average Bonchev–Trinajstić information content (AvgIpc) is 3.31. The minimum atomic E-state index is -0.258. The molecule has 0 atom stereocenters. The molecule has 8 heteroatoms. The van der Waals surface area contributed by atoms with Gasteiger partial charge < -0.3 is 10.2 Å². The van der Waals surface area contributed by atoms with Gasteiger partial charge in [0.15, 0.2) is 5.69 Å². The van der Waals surface area contributed by atoms with Gasteiger partial charge in [0.05, 0.1) is 17.1 Å². The first kappa shape index (κ1) is 16.5. The van der Waals surface area contributed by atoms with Crippen LogP contribution in [0.25, 0.3) is 0 Å². The zero-order chi connectivity index (χ0) is 17.9. The van der Waals surface area contributed by atoms with Crippen molar-refractivity contribution in [1.82, 2.24) is 25.2 Å². The lowest BCUT2D eigenvalue weighted by atomic mass is 10.1. The molecule has 26 heavy (non-hydrogen) atoms. The van der Waals surface area contributed by atoms with Crippen LogP contribution in [-0.4, -0.2) is 44.8 Å². The third-order valence-corrected chi connectivity index (χ3v) is 5.15. The molecule has 7 nitrogen and oxygen atoms in total. The van der Waals surface area contributed by atoms with E-state index in [0.717, 1.165) is 10.4 Å². The van der Waals surface area contributed by atoms with Crippen molar-refractivity contribution in [3.63, 3.8) is 0 Å². The van der Waals surface area contributed by atoms with E-state index in [-0.39, 0.29) is 23.6 Å². The highest BCUT2D eigenvalue weighted by molar-refractivity contribution is 7.12. The minimum absolute atomic E-state index is 0.0391. The molecule has 1 aliphatic rings. The smallest absolute Gasteiger partial charge is 0.273 e. The van der Waals surface area contributed by atoms with Crippen molar-refractivity contribution in [2.24, 2.45) is 0 Å². The first-order valence-electron chi connectivity index (χ1n) is 8.27. The summed E-state index contributed by atoms with van der Waals surface area (Å²) >= 11 is 1.44. The second kappa shape index (κ2) is 7.09. The van der Waals surface area contributed by atoms with E-state index < -0.39 is 0 Å². The van der Waals surface area contributed by atoms with Crippen LogP contribution >= 0.6 is 11.3 Å². The molecule has 1 N–H and O–H groups in total. The fourth-order valence-electron chi connectivity index (χ4n) is 2.77. The van der Waals surface area contributed by atoms with Crippen LogP contribution < -0.4 is 5.32 Å². The average molecular weight is 367 g/mol. The molecule has 1 saturated heterocycles. The van der Waals surface area contributed by atoms with Gasteiger partial charge in [-0.1, -0.05) is 41.6 Å². The van der Waals surface area contributed by atoms with E-state index in [1.165, 1.54) is 11.3 Å². The van der Waals surface area contributed by atoms with Crippen molar-refractivity contribution in [2.75, 3.05) is 13.1 Å². The van der Waals surface area contributed by atoms with Crippen molar-refractivity contribution in [1.29, 1.82) is 0 Å². The number of hydrogen-bond acceptors (Lipinski definition) is 5. The second-order valence-corrected chi connectivity index (χ2v) is 7.04. The summed E-state index contributed by atoms with van der Waals surface area (Å²) in [5, 5.41) is 12.7. The Labute approximate surface area is 154 Å². The Balaban J connectivity index is 1.31. The van der Waals surface area contributed by atoms with Gasteiger partial charge in [-0.15, -0.1) is 16.4 Å². The Morgan fingerprint density at radius 3 is 2.69 bits per heavy atom. The summed E-state index contributed by atoms with van der Waals surface area (Å²) in [5.41, 5.74) is 1.30. The van der Waals surface area contributed by atoms with Crippen LogP contribution in [0.2, 0.25) is 0 Å². The fraction of sp³-hybridized carbons (Fsp3) is 0.222. The van der Waals surface area contributed by atoms with E-state index in [0.29, 0.717) is 19.6 Å². The van der Waals surface area contributed by atoms with E-state index >= 15 is 0 Å². The summed E-state index contributed by atoms with van der Waals surface area (Å²) in [6, 6.07) is 13.4. The van der Waals surface area contributed by atoms with Crippen molar-refractivity contribution in [3.8, 4) is 0 Å². The molecule has 2 amide bonds. The van der Waals surface area contributed by atoms with Crippen LogP contribution in [0, 0.1) is 0 Å². The van der Waals surface area contributed by atoms with E-state index in [1.54, 1.807) is 15.8 Å². The van der Waals surface area contributed by atoms with Gasteiger partial charge in [-0.3, -0.25) is 9.59 Å². The highest BCUT2D eigenvalue weighted by Crippen LogP contribution is 2.24. The molecule has 2 aromatic heterocycles. The van der Waals surface area contributed by atoms with Gasteiger partial charge in [0.1, 0.15) is 0 Å². The van der Waals surface area contributed by atoms with Crippen LogP contribution in [0.4, 0.5) is 0 Å². The largest absolute Gasteiger partial charge is 0.347 e. The first-order valence-corrected chi connectivity index (χ1v) is 9.15. The SMILES string of the molecule is O=C(NCc1ccccc1)c1cn(C2CN(C(=O)c3cccs3)C2)nn1. The van der Waals surface area contributed by atoms with Crippen LogP contribution in [0.1, 0.15) is 31.8 Å². The number of carbonyl (C=O) groups excluding carboxylic acids is 2. The molecule has 3 aromatic rings. The molecular weight excluding hydrogens is 350 g/mol. The number of nitrogens with one attached hydrogen (secondary N) is 1. The predicted octanol–water partition coefficient (Wildman–Crippen LogP) is 1.97. The number of nitrogens with zero attached hydrogens (tertiary/aromatic N) is 4. The minimum Gasteiger partial charge on any atom is -0.347 e. The maximum Gasteiger partial charge on any atom is 0.273 e. The Bertz CT molecular complexity index is 901. The Morgan fingerprint density at radius 2 is 1.96 bits per heavy atom. The van der Waals surface area contributed by atoms with Crippen LogP contribution in [-0.2, 0) is 6.54 Å². The molecule has 1 fully saturated rings. The van der Waals surface area contributed by atoms with E-state index in [9.17, 15) is 9.59 Å². The molecule has 4 rings (SSSR count). The van der Waals surface area contributed by atoms with Gasteiger partial charge in [-0.2, -0.15) is 0 Å². The van der Waals surface area contributed by atoms with Crippen molar-refractivity contribution < 1.29 is 9.59 Å². The highest BCUT2D eigenvalue weighted by Gasteiger charge is 2.33. The Hall–Kier alpha value is -3.00. The Kier molecular flexibility index (Phi) is 4.49. The number of amides is 2. The zero-order valence-electron chi connectivity index (χ0n) is 13.9. The molecule has 1 aliphatic heterocycles. The molecule has 0 aliphatic carbocycles. The lowest BCUT2D eigenvalue weighted by Crippen LogP contribution is -2.50. The molecule has 0 radical (unpaired) electrons. The number of rotatable bonds is 5. The van der Waals surface area contributed by atoms with E-state index in [4.69, 9.17) is 0 Å². The summed E-state index contributed by atoms with van der Waals surface area (Å²) in [7, 11) is 0. The molecule has 0 bridgehead atoms. The number of thiophene rings is 1. The molecule has 1 aromatic carbocycles.